The second-order valence-corrected chi connectivity index (χ2v) is 4.97. The number of methoxy groups -OCH3 is 1. The summed E-state index contributed by atoms with van der Waals surface area (Å²) in [7, 11) is 1.69. The minimum atomic E-state index is -0.567. The highest BCUT2D eigenvalue weighted by Crippen LogP contribution is 2.46. The highest BCUT2D eigenvalue weighted by Gasteiger charge is 2.44. The van der Waals surface area contributed by atoms with E-state index in [9.17, 15) is 5.11 Å². The third kappa shape index (κ3) is 1.62. The molecule has 3 heteroatoms. The molecule has 3 rings (SSSR count). The Bertz CT molecular complexity index is 552. The smallest absolute Gasteiger partial charge is 0.109 e. The van der Waals surface area contributed by atoms with E-state index in [4.69, 9.17) is 4.74 Å². The molecular formula is C15H17NO2. The summed E-state index contributed by atoms with van der Waals surface area (Å²) >= 11 is 0. The molecule has 0 bridgehead atoms. The topological polar surface area (TPSA) is 42.4 Å². The third-order valence-electron chi connectivity index (χ3n) is 4.11. The van der Waals surface area contributed by atoms with Crippen LogP contribution in [0.2, 0.25) is 0 Å². The molecular weight excluding hydrogens is 226 g/mol. The maximum atomic E-state index is 10.6. The van der Waals surface area contributed by atoms with Crippen molar-refractivity contribution in [1.82, 2.24) is 4.98 Å². The summed E-state index contributed by atoms with van der Waals surface area (Å²) in [6.07, 6.45) is 5.99. The predicted molar refractivity (Wildman–Crippen MR) is 70.3 cm³/mol. The predicted octanol–water partition coefficient (Wildman–Crippen LogP) is 2.84. The molecule has 0 radical (unpaired) electrons. The molecule has 0 saturated heterocycles. The average molecular weight is 243 g/mol. The van der Waals surface area contributed by atoms with E-state index in [0.717, 1.165) is 35.6 Å². The maximum Gasteiger partial charge on any atom is 0.109 e. The van der Waals surface area contributed by atoms with Crippen molar-refractivity contribution in [3.8, 4) is 0 Å². The zero-order valence-corrected chi connectivity index (χ0v) is 10.5. The van der Waals surface area contributed by atoms with Crippen molar-refractivity contribution in [3.05, 3.63) is 42.2 Å². The monoisotopic (exact) mass is 243 g/mol. The summed E-state index contributed by atoms with van der Waals surface area (Å²) in [6, 6.07) is 7.91. The molecule has 1 aliphatic rings. The van der Waals surface area contributed by atoms with Gasteiger partial charge in [-0.05, 0) is 36.3 Å². The van der Waals surface area contributed by atoms with Gasteiger partial charge < -0.3 is 9.84 Å². The highest BCUT2D eigenvalue weighted by atomic mass is 16.5. The van der Waals surface area contributed by atoms with Gasteiger partial charge in [-0.25, -0.2) is 0 Å². The van der Waals surface area contributed by atoms with Crippen LogP contribution in [0.1, 0.15) is 30.9 Å². The summed E-state index contributed by atoms with van der Waals surface area (Å²) in [6.45, 7) is 0. The molecule has 0 amide bonds. The van der Waals surface area contributed by atoms with Gasteiger partial charge in [0.2, 0.25) is 0 Å². The van der Waals surface area contributed by atoms with E-state index in [2.05, 4.69) is 4.98 Å². The van der Waals surface area contributed by atoms with Crippen LogP contribution in [0.25, 0.3) is 10.8 Å². The number of aliphatic hydroxyl groups excluding tert-OH is 1. The summed E-state index contributed by atoms with van der Waals surface area (Å²) < 4.78 is 5.57. The number of hydrogen-bond donors (Lipinski definition) is 1. The second-order valence-electron chi connectivity index (χ2n) is 4.97. The molecule has 1 aromatic heterocycles. The van der Waals surface area contributed by atoms with Crippen molar-refractivity contribution in [2.75, 3.05) is 7.11 Å². The molecule has 2 aromatic rings. The molecule has 0 aliphatic heterocycles. The second kappa shape index (κ2) is 4.34. The van der Waals surface area contributed by atoms with Crippen molar-refractivity contribution in [1.29, 1.82) is 0 Å². The molecule has 1 N–H and O–H groups in total. The standard InChI is InChI=1S/C15H17NO2/c1-18-15(7-3-8-15)14(17)13-5-2-4-11-10-16-9-6-12(11)13/h2,4-6,9-10,14,17H,3,7-8H2,1H3. The Hall–Kier alpha value is -1.45. The molecule has 1 aliphatic carbocycles. The van der Waals surface area contributed by atoms with E-state index in [1.807, 2.05) is 30.5 Å². The van der Waals surface area contributed by atoms with Crippen LogP contribution in [-0.4, -0.2) is 22.8 Å². The molecule has 18 heavy (non-hydrogen) atoms. The van der Waals surface area contributed by atoms with Gasteiger partial charge in [0, 0.05) is 24.9 Å². The molecule has 1 saturated carbocycles. The van der Waals surface area contributed by atoms with Gasteiger partial charge in [-0.3, -0.25) is 4.98 Å². The van der Waals surface area contributed by atoms with Crippen molar-refractivity contribution in [3.63, 3.8) is 0 Å². The molecule has 1 heterocycles. The number of pyridine rings is 1. The fourth-order valence-electron chi connectivity index (χ4n) is 2.78. The normalized spacial score (nSPS) is 19.4. The lowest BCUT2D eigenvalue weighted by atomic mass is 9.73. The molecule has 1 aromatic carbocycles. The van der Waals surface area contributed by atoms with Gasteiger partial charge >= 0.3 is 0 Å². The van der Waals surface area contributed by atoms with E-state index in [1.165, 1.54) is 0 Å². The van der Waals surface area contributed by atoms with E-state index in [-0.39, 0.29) is 0 Å². The average Bonchev–Trinajstić information content (AvgIpc) is 2.37. The first-order chi connectivity index (χ1) is 8.77. The van der Waals surface area contributed by atoms with Crippen LogP contribution in [-0.2, 0) is 4.74 Å². The summed E-state index contributed by atoms with van der Waals surface area (Å²) in [5, 5.41) is 12.8. The maximum absolute atomic E-state index is 10.6. The van der Waals surface area contributed by atoms with Crippen molar-refractivity contribution < 1.29 is 9.84 Å². The SMILES string of the molecule is COC1(C(O)c2cccc3cnccc23)CCC1. The van der Waals surface area contributed by atoms with Crippen LogP contribution in [0.15, 0.2) is 36.7 Å². The Morgan fingerprint density at radius 3 is 2.83 bits per heavy atom. The van der Waals surface area contributed by atoms with Gasteiger partial charge in [-0.2, -0.15) is 0 Å². The van der Waals surface area contributed by atoms with Crippen LogP contribution in [0.4, 0.5) is 0 Å². The minimum absolute atomic E-state index is 0.391. The third-order valence-corrected chi connectivity index (χ3v) is 4.11. The molecule has 1 fully saturated rings. The zero-order chi connectivity index (χ0) is 12.6. The number of aliphatic hydroxyl groups is 1. The van der Waals surface area contributed by atoms with Crippen LogP contribution in [0.5, 0.6) is 0 Å². The van der Waals surface area contributed by atoms with E-state index in [1.54, 1.807) is 13.3 Å². The number of ether oxygens (including phenoxy) is 1. The summed E-state index contributed by atoms with van der Waals surface area (Å²) in [5.74, 6) is 0. The van der Waals surface area contributed by atoms with Gasteiger partial charge in [-0.15, -0.1) is 0 Å². The lowest BCUT2D eigenvalue weighted by molar-refractivity contribution is -0.151. The minimum Gasteiger partial charge on any atom is -0.385 e. The first-order valence-electron chi connectivity index (χ1n) is 6.33. The quantitative estimate of drug-likeness (QED) is 0.901. The first kappa shape index (κ1) is 11.6. The largest absolute Gasteiger partial charge is 0.385 e. The van der Waals surface area contributed by atoms with E-state index >= 15 is 0 Å². The van der Waals surface area contributed by atoms with E-state index in [0.29, 0.717) is 0 Å². The van der Waals surface area contributed by atoms with Gasteiger partial charge in [-0.1, -0.05) is 18.2 Å². The Labute approximate surface area is 106 Å². The molecule has 3 nitrogen and oxygen atoms in total. The summed E-state index contributed by atoms with van der Waals surface area (Å²) in [4.78, 5) is 4.12. The number of fused-ring (bicyclic) bond motifs is 1. The Morgan fingerprint density at radius 2 is 2.17 bits per heavy atom. The van der Waals surface area contributed by atoms with Crippen LogP contribution < -0.4 is 0 Å². The zero-order valence-electron chi connectivity index (χ0n) is 10.5. The fourth-order valence-corrected chi connectivity index (χ4v) is 2.78. The van der Waals surface area contributed by atoms with E-state index < -0.39 is 11.7 Å². The molecule has 94 valence electrons. The Balaban J connectivity index is 2.09. The van der Waals surface area contributed by atoms with Gasteiger partial charge in [0.1, 0.15) is 6.10 Å². The summed E-state index contributed by atoms with van der Waals surface area (Å²) in [5.41, 5.74) is 0.550. The number of aromatic nitrogens is 1. The van der Waals surface area contributed by atoms with Crippen molar-refractivity contribution in [2.45, 2.75) is 31.0 Å². The Kier molecular flexibility index (Phi) is 2.80. The molecule has 0 spiro atoms. The highest BCUT2D eigenvalue weighted by molar-refractivity contribution is 5.85. The van der Waals surface area contributed by atoms with Crippen molar-refractivity contribution in [2.24, 2.45) is 0 Å². The van der Waals surface area contributed by atoms with Crippen molar-refractivity contribution >= 4 is 10.8 Å². The Morgan fingerprint density at radius 1 is 1.33 bits per heavy atom. The molecule has 1 atom stereocenters. The van der Waals surface area contributed by atoms with Gasteiger partial charge in [0.25, 0.3) is 0 Å². The number of nitrogens with zero attached hydrogens (tertiary/aromatic N) is 1. The lowest BCUT2D eigenvalue weighted by Crippen LogP contribution is -2.45. The van der Waals surface area contributed by atoms with Crippen LogP contribution in [0.3, 0.4) is 0 Å². The van der Waals surface area contributed by atoms with Crippen LogP contribution >= 0.6 is 0 Å². The van der Waals surface area contributed by atoms with Crippen LogP contribution in [0, 0.1) is 0 Å². The van der Waals surface area contributed by atoms with Gasteiger partial charge in [0.15, 0.2) is 0 Å². The number of rotatable bonds is 3. The first-order valence-corrected chi connectivity index (χ1v) is 6.33. The van der Waals surface area contributed by atoms with Gasteiger partial charge in [0.05, 0.1) is 5.60 Å². The molecule has 1 unspecified atom stereocenters. The number of benzene rings is 1. The number of hydrogen-bond acceptors (Lipinski definition) is 3. The fraction of sp³-hybridized carbons (Fsp3) is 0.400. The lowest BCUT2D eigenvalue weighted by Gasteiger charge is -2.44.